The number of hydrogen-bond acceptors (Lipinski definition) is 14. The van der Waals surface area contributed by atoms with Crippen LogP contribution in [-0.4, -0.2) is 107 Å². The van der Waals surface area contributed by atoms with E-state index in [1.165, 1.54) is 44.6 Å². The van der Waals surface area contributed by atoms with Crippen LogP contribution >= 0.6 is 0 Å². The van der Waals surface area contributed by atoms with E-state index in [-0.39, 0.29) is 44.5 Å². The number of aliphatic hydroxyl groups excluding tert-OH is 1. The second-order valence-corrected chi connectivity index (χ2v) is 19.6. The minimum Gasteiger partial charge on any atom is -0.459 e. The van der Waals surface area contributed by atoms with E-state index in [9.17, 15) is 34.5 Å². The molecule has 0 amide bonds. The summed E-state index contributed by atoms with van der Waals surface area (Å²) in [7, 11) is 0. The van der Waals surface area contributed by atoms with Crippen molar-refractivity contribution in [3.8, 4) is 0 Å². The van der Waals surface area contributed by atoms with Crippen LogP contribution in [0.3, 0.4) is 0 Å². The van der Waals surface area contributed by atoms with Gasteiger partial charge in [-0.05, 0) is 56.4 Å². The molecule has 14 heteroatoms. The second kappa shape index (κ2) is 17.3. The number of rotatable bonds is 17. The first-order valence-corrected chi connectivity index (χ1v) is 22.2. The predicted octanol–water partition coefficient (Wildman–Crippen LogP) is 5.94. The number of hydrogen-bond donors (Lipinski definition) is 3. The summed E-state index contributed by atoms with van der Waals surface area (Å²) in [5, 5.41) is 35.9. The van der Waals surface area contributed by atoms with Crippen molar-refractivity contribution in [2.24, 2.45) is 46.3 Å². The van der Waals surface area contributed by atoms with Gasteiger partial charge < -0.3 is 48.5 Å². The third-order valence-electron chi connectivity index (χ3n) is 15.4. The zero-order valence-electron chi connectivity index (χ0n) is 36.7. The van der Waals surface area contributed by atoms with E-state index < -0.39 is 106 Å². The second-order valence-electron chi connectivity index (χ2n) is 19.6. The van der Waals surface area contributed by atoms with E-state index in [0.29, 0.717) is 12.0 Å². The molecule has 0 radical (unpaired) electrons. The number of aliphatic hydroxyl groups is 3. The summed E-state index contributed by atoms with van der Waals surface area (Å²) in [4.78, 5) is 55.2. The summed E-state index contributed by atoms with van der Waals surface area (Å²) < 4.78 is 42.0. The minimum absolute atomic E-state index is 0.172. The first-order valence-electron chi connectivity index (χ1n) is 22.2. The summed E-state index contributed by atoms with van der Waals surface area (Å²) in [6.45, 7) is 16.3. The number of allylic oxidation sites excluding steroid dienone is 1. The molecular weight excluding hydrogens is 764 g/mol. The fourth-order valence-corrected chi connectivity index (χ4v) is 12.2. The molecule has 1 spiro atoms. The van der Waals surface area contributed by atoms with Crippen molar-refractivity contribution in [2.75, 3.05) is 19.8 Å². The smallest absolute Gasteiger partial charge is 0.459 e. The molecule has 3 aliphatic carbocycles. The van der Waals surface area contributed by atoms with Crippen LogP contribution in [-0.2, 0) is 47.5 Å². The fraction of sp³-hybridized carbons (Fsp3) is 0.867. The monoisotopic (exact) mass is 834 g/mol. The van der Waals surface area contributed by atoms with E-state index in [1.807, 2.05) is 6.92 Å². The zero-order valence-corrected chi connectivity index (χ0v) is 36.7. The Morgan fingerprint density at radius 3 is 2.27 bits per heavy atom. The molecule has 0 aromatic heterocycles. The number of carbonyl (C=O) groups is 4. The Balaban J connectivity index is 1.19. The van der Waals surface area contributed by atoms with Crippen molar-refractivity contribution in [3.05, 3.63) is 11.6 Å². The van der Waals surface area contributed by atoms with Crippen molar-refractivity contribution in [3.63, 3.8) is 0 Å². The van der Waals surface area contributed by atoms with Crippen LogP contribution in [0.15, 0.2) is 11.6 Å². The van der Waals surface area contributed by atoms with Crippen LogP contribution in [0.4, 0.5) is 4.79 Å². The third kappa shape index (κ3) is 8.01. The van der Waals surface area contributed by atoms with Gasteiger partial charge in [0.05, 0.1) is 25.2 Å². The summed E-state index contributed by atoms with van der Waals surface area (Å²) in [5.41, 5.74) is -3.48. The van der Waals surface area contributed by atoms with E-state index in [4.69, 9.17) is 33.2 Å². The van der Waals surface area contributed by atoms with Gasteiger partial charge in [-0.15, -0.1) is 0 Å². The summed E-state index contributed by atoms with van der Waals surface area (Å²) in [5.74, 6) is -9.32. The van der Waals surface area contributed by atoms with Gasteiger partial charge in [0, 0.05) is 29.1 Å². The summed E-state index contributed by atoms with van der Waals surface area (Å²) in [6, 6.07) is 0. The highest BCUT2D eigenvalue weighted by Gasteiger charge is 2.84. The standard InChI is InChI=1S/C45H70O14/c1-10-11-12-13-14-15-16-17-18-41(8)54-23-29(59-41)22-53-40(50)58-37-31(46)19-27(6)30-20-32-43-24-55-45(52,39(43)42(30,37)9)36(48)28(7)34(43)35(38(49)56-32)57-33(47)21-44(51,25(2)3)26(4)5/h19,25-26,28-30,32,34-37,39,48,51-52H,10-18,20-24H2,1-9H3/t28-,29?,30+,32-,34-,35-,36-,37-,39-,41?,42-,43+,45+/m1/s1. The number of carbonyl (C=O) groups excluding carboxylic acids is 4. The SMILES string of the molecule is CCCCCCCCCCC1(C)OCC(COC(=O)O[C@@H]2C(=O)C=C(C)[C@@H]3C[C@H]4OC(=O)[C@H](OC(=O)CC(O)(C(C)C)C(C)C)[C@H]5[C@@H](C)[C@@H](O)[C@]6(O)OC[C@@]54[C@H]6[C@@]23C)O1. The molecule has 2 unspecified atom stereocenters. The molecule has 3 N–H and O–H groups in total. The Kier molecular flexibility index (Phi) is 13.4. The van der Waals surface area contributed by atoms with E-state index >= 15 is 0 Å². The van der Waals surface area contributed by atoms with Gasteiger partial charge in [0.25, 0.3) is 0 Å². The van der Waals surface area contributed by atoms with Crippen LogP contribution in [0, 0.1) is 46.3 Å². The number of ketones is 1. The van der Waals surface area contributed by atoms with Crippen LogP contribution in [0.2, 0.25) is 0 Å². The highest BCUT2D eigenvalue weighted by atomic mass is 16.8. The molecule has 5 fully saturated rings. The molecule has 3 aliphatic heterocycles. The van der Waals surface area contributed by atoms with Crippen molar-refractivity contribution in [1.29, 1.82) is 0 Å². The van der Waals surface area contributed by atoms with E-state index in [0.717, 1.165) is 12.8 Å². The number of fused-ring (bicyclic) bond motifs is 1. The van der Waals surface area contributed by atoms with Crippen molar-refractivity contribution >= 4 is 23.9 Å². The normalized spacial score (nSPS) is 40.0. The molecule has 2 bridgehead atoms. The average molecular weight is 835 g/mol. The largest absolute Gasteiger partial charge is 0.509 e. The molecule has 3 heterocycles. The molecule has 0 aromatic rings. The Bertz CT molecular complexity index is 1600. The van der Waals surface area contributed by atoms with Crippen LogP contribution in [0.5, 0.6) is 0 Å². The lowest BCUT2D eigenvalue weighted by molar-refractivity contribution is -0.340. The molecule has 59 heavy (non-hydrogen) atoms. The third-order valence-corrected chi connectivity index (χ3v) is 15.4. The van der Waals surface area contributed by atoms with Gasteiger partial charge >= 0.3 is 18.1 Å². The molecule has 14 nitrogen and oxygen atoms in total. The Morgan fingerprint density at radius 1 is 0.983 bits per heavy atom. The predicted molar refractivity (Wildman–Crippen MR) is 212 cm³/mol. The minimum atomic E-state index is -2.26. The molecule has 3 saturated heterocycles. The highest BCUT2D eigenvalue weighted by Crippen LogP contribution is 2.74. The topological polar surface area (TPSA) is 194 Å². The molecular formula is C45H70O14. The molecule has 334 valence electrons. The zero-order chi connectivity index (χ0) is 43.3. The van der Waals surface area contributed by atoms with Gasteiger partial charge in [0.1, 0.15) is 24.9 Å². The fourth-order valence-electron chi connectivity index (χ4n) is 12.2. The van der Waals surface area contributed by atoms with Gasteiger partial charge in [-0.1, -0.05) is 99.0 Å². The number of unbranched alkanes of at least 4 members (excludes halogenated alkanes) is 7. The van der Waals surface area contributed by atoms with Crippen LogP contribution in [0.1, 0.15) is 133 Å². The maximum Gasteiger partial charge on any atom is 0.509 e. The van der Waals surface area contributed by atoms with Gasteiger partial charge in [-0.25, -0.2) is 9.59 Å². The maximum atomic E-state index is 14.0. The Morgan fingerprint density at radius 2 is 1.63 bits per heavy atom. The summed E-state index contributed by atoms with van der Waals surface area (Å²) in [6.07, 6.45) is 4.24. The Hall–Kier alpha value is -2.62. The molecule has 2 saturated carbocycles. The highest BCUT2D eigenvalue weighted by molar-refractivity contribution is 5.97. The van der Waals surface area contributed by atoms with Crippen LogP contribution in [0.25, 0.3) is 0 Å². The molecule has 0 aromatic carbocycles. The van der Waals surface area contributed by atoms with Gasteiger partial charge in [-0.2, -0.15) is 0 Å². The first-order chi connectivity index (χ1) is 27.7. The van der Waals surface area contributed by atoms with Crippen LogP contribution < -0.4 is 0 Å². The van der Waals surface area contributed by atoms with Gasteiger partial charge in [0.15, 0.2) is 23.5 Å². The van der Waals surface area contributed by atoms with Crippen molar-refractivity contribution < 1.29 is 67.7 Å². The Labute approximate surface area is 349 Å². The summed E-state index contributed by atoms with van der Waals surface area (Å²) >= 11 is 0. The molecule has 6 rings (SSSR count). The first kappa shape index (κ1) is 45.9. The van der Waals surface area contributed by atoms with E-state index in [2.05, 4.69) is 6.92 Å². The molecule has 13 atom stereocenters. The average Bonchev–Trinajstić information content (AvgIpc) is 3.69. The lowest BCUT2D eigenvalue weighted by atomic mass is 9.38. The lowest BCUT2D eigenvalue weighted by Gasteiger charge is -2.68. The molecule has 6 aliphatic rings. The van der Waals surface area contributed by atoms with Crippen molar-refractivity contribution in [1.82, 2.24) is 0 Å². The maximum absolute atomic E-state index is 14.0. The van der Waals surface area contributed by atoms with E-state index in [1.54, 1.807) is 48.5 Å². The van der Waals surface area contributed by atoms with Gasteiger partial charge in [-0.3, -0.25) is 9.59 Å². The van der Waals surface area contributed by atoms with Crippen molar-refractivity contribution in [2.45, 2.75) is 181 Å². The quantitative estimate of drug-likeness (QED) is 0.0885. The lowest BCUT2D eigenvalue weighted by Crippen LogP contribution is -2.78. The number of ether oxygens (including phenoxy) is 7. The number of esters is 2. The van der Waals surface area contributed by atoms with Gasteiger partial charge in [0.2, 0.25) is 6.10 Å².